The van der Waals surface area contributed by atoms with Crippen molar-refractivity contribution in [3.63, 3.8) is 0 Å². The minimum Gasteiger partial charge on any atom is -0.0628 e. The van der Waals surface area contributed by atoms with Crippen LogP contribution in [0.2, 0.25) is 0 Å². The minimum atomic E-state index is 0.602. The number of hydrogen-bond acceptors (Lipinski definition) is 0. The Kier molecular flexibility index (Phi) is 6.01. The molecule has 9 atom stereocenters. The molecule has 0 amide bonds. The van der Waals surface area contributed by atoms with Gasteiger partial charge in [-0.3, -0.25) is 0 Å². The van der Waals surface area contributed by atoms with Crippen molar-refractivity contribution in [3.8, 4) is 0 Å². The molecule has 4 aliphatic rings. The first-order valence-electron chi connectivity index (χ1n) is 13.6. The van der Waals surface area contributed by atoms with Crippen molar-refractivity contribution in [2.75, 3.05) is 0 Å². The van der Waals surface area contributed by atoms with Gasteiger partial charge >= 0.3 is 0 Å². The molecule has 0 radical (unpaired) electrons. The van der Waals surface area contributed by atoms with Crippen molar-refractivity contribution in [3.05, 3.63) is 0 Å². The smallest absolute Gasteiger partial charge is 0.0235 e. The van der Waals surface area contributed by atoms with Gasteiger partial charge < -0.3 is 0 Å². The monoisotopic (exact) mass is 400 g/mol. The van der Waals surface area contributed by atoms with Gasteiger partial charge in [0, 0.05) is 0 Å². The second kappa shape index (κ2) is 7.85. The summed E-state index contributed by atoms with van der Waals surface area (Å²) in [5.74, 6) is 6.83. The molecule has 0 bridgehead atoms. The zero-order valence-corrected chi connectivity index (χ0v) is 21.0. The van der Waals surface area contributed by atoms with E-state index in [0.29, 0.717) is 16.2 Å². The summed E-state index contributed by atoms with van der Waals surface area (Å²) < 4.78 is 0. The van der Waals surface area contributed by atoms with Gasteiger partial charge in [-0.05, 0) is 103 Å². The lowest BCUT2D eigenvalue weighted by Crippen LogP contribution is -2.60. The lowest BCUT2D eigenvalue weighted by atomic mass is 9.37. The van der Waals surface area contributed by atoms with Crippen LogP contribution in [0, 0.1) is 57.7 Å². The molecule has 4 rings (SSSR count). The molecule has 4 aliphatic carbocycles. The van der Waals surface area contributed by atoms with Crippen LogP contribution in [0.15, 0.2) is 0 Å². The topological polar surface area (TPSA) is 0 Å². The highest BCUT2D eigenvalue weighted by Crippen LogP contribution is 2.74. The van der Waals surface area contributed by atoms with Gasteiger partial charge in [0.25, 0.3) is 0 Å². The lowest BCUT2D eigenvalue weighted by molar-refractivity contribution is -0.190. The predicted molar refractivity (Wildman–Crippen MR) is 127 cm³/mol. The van der Waals surface area contributed by atoms with E-state index in [-0.39, 0.29) is 0 Å². The van der Waals surface area contributed by atoms with Crippen LogP contribution in [-0.2, 0) is 0 Å². The van der Waals surface area contributed by atoms with Crippen LogP contribution in [0.4, 0.5) is 0 Å². The highest BCUT2D eigenvalue weighted by molar-refractivity contribution is 5.15. The van der Waals surface area contributed by atoms with E-state index in [2.05, 4.69) is 48.5 Å². The second-order valence-corrected chi connectivity index (χ2v) is 13.6. The molecule has 0 heterocycles. The maximum Gasteiger partial charge on any atom is -0.0235 e. The van der Waals surface area contributed by atoms with Crippen LogP contribution < -0.4 is 0 Å². The summed E-state index contributed by atoms with van der Waals surface area (Å²) >= 11 is 0. The first kappa shape index (κ1) is 22.2. The minimum absolute atomic E-state index is 0.602. The van der Waals surface area contributed by atoms with Crippen molar-refractivity contribution < 1.29 is 0 Å². The molecule has 0 aromatic carbocycles. The molecule has 0 saturated heterocycles. The van der Waals surface area contributed by atoms with Crippen LogP contribution in [-0.4, -0.2) is 0 Å². The molecule has 0 nitrogen and oxygen atoms in total. The average molecular weight is 401 g/mol. The molecule has 4 saturated carbocycles. The van der Waals surface area contributed by atoms with Gasteiger partial charge in [-0.1, -0.05) is 80.6 Å². The zero-order valence-electron chi connectivity index (χ0n) is 21.0. The summed E-state index contributed by atoms with van der Waals surface area (Å²) in [5, 5.41) is 0. The van der Waals surface area contributed by atoms with E-state index >= 15 is 0 Å². The lowest BCUT2D eigenvalue weighted by Gasteiger charge is -2.68. The average Bonchev–Trinajstić information content (AvgIpc) is 3.00. The standard InChI is InChI=1S/C29H52/c1-20(2)10-8-11-21(3)23-15-18-28(6)25(23)13-14-26-27(5)17-9-12-22(4)24(27)16-19-29(26,28)7/h20-26H,8-19H2,1-7H3/t21-,22-,23-,24-,25+,26+,27+,28+,29+/m1/s1. The molecule has 29 heavy (non-hydrogen) atoms. The van der Waals surface area contributed by atoms with E-state index < -0.39 is 0 Å². The summed E-state index contributed by atoms with van der Waals surface area (Å²) in [5.41, 5.74) is 1.85. The number of rotatable bonds is 5. The third-order valence-corrected chi connectivity index (χ3v) is 12.0. The molecule has 0 aromatic heterocycles. The normalized spacial score (nSPS) is 50.7. The van der Waals surface area contributed by atoms with Crippen LogP contribution in [0.3, 0.4) is 0 Å². The Labute approximate surface area is 183 Å². The van der Waals surface area contributed by atoms with Gasteiger partial charge in [-0.25, -0.2) is 0 Å². The third kappa shape index (κ3) is 3.36. The maximum absolute atomic E-state index is 2.79. The van der Waals surface area contributed by atoms with E-state index in [4.69, 9.17) is 0 Å². The summed E-state index contributed by atoms with van der Waals surface area (Å²) in [6, 6.07) is 0. The molecule has 168 valence electrons. The van der Waals surface area contributed by atoms with E-state index in [0.717, 1.165) is 41.4 Å². The first-order valence-corrected chi connectivity index (χ1v) is 13.6. The highest BCUT2D eigenvalue weighted by Gasteiger charge is 2.66. The fraction of sp³-hybridized carbons (Fsp3) is 1.00. The first-order chi connectivity index (χ1) is 13.6. The number of hydrogen-bond donors (Lipinski definition) is 0. The van der Waals surface area contributed by atoms with Gasteiger partial charge in [-0.15, -0.1) is 0 Å². The number of fused-ring (bicyclic) bond motifs is 5. The Hall–Kier alpha value is 0. The zero-order chi connectivity index (χ0) is 21.0. The summed E-state index contributed by atoms with van der Waals surface area (Å²) in [4.78, 5) is 0. The van der Waals surface area contributed by atoms with Crippen LogP contribution >= 0.6 is 0 Å². The molecule has 0 N–H and O–H groups in total. The van der Waals surface area contributed by atoms with Crippen molar-refractivity contribution in [1.82, 2.24) is 0 Å². The van der Waals surface area contributed by atoms with Gasteiger partial charge in [0.15, 0.2) is 0 Å². The predicted octanol–water partition coefficient (Wildman–Crippen LogP) is 9.13. The van der Waals surface area contributed by atoms with Gasteiger partial charge in [0.2, 0.25) is 0 Å². The Balaban J connectivity index is 1.54. The molecule has 0 aromatic rings. The van der Waals surface area contributed by atoms with Crippen LogP contribution in [0.5, 0.6) is 0 Å². The van der Waals surface area contributed by atoms with Crippen molar-refractivity contribution >= 4 is 0 Å². The molecular weight excluding hydrogens is 348 g/mol. The van der Waals surface area contributed by atoms with Crippen molar-refractivity contribution in [1.29, 1.82) is 0 Å². The summed E-state index contributed by atoms with van der Waals surface area (Å²) in [6.45, 7) is 18.3. The molecule has 0 unspecified atom stereocenters. The van der Waals surface area contributed by atoms with Crippen molar-refractivity contribution in [2.24, 2.45) is 57.7 Å². The Morgan fingerprint density at radius 3 is 2.21 bits per heavy atom. The maximum atomic E-state index is 2.79. The molecule has 0 aliphatic heterocycles. The molecule has 4 fully saturated rings. The fourth-order valence-corrected chi connectivity index (χ4v) is 10.2. The Morgan fingerprint density at radius 2 is 1.48 bits per heavy atom. The van der Waals surface area contributed by atoms with E-state index in [9.17, 15) is 0 Å². The third-order valence-electron chi connectivity index (χ3n) is 12.0. The van der Waals surface area contributed by atoms with Crippen molar-refractivity contribution in [2.45, 2.75) is 126 Å². The Morgan fingerprint density at radius 1 is 0.759 bits per heavy atom. The summed E-state index contributed by atoms with van der Waals surface area (Å²) in [6.07, 6.45) is 18.1. The van der Waals surface area contributed by atoms with Crippen LogP contribution in [0.25, 0.3) is 0 Å². The Bertz CT molecular complexity index is 577. The summed E-state index contributed by atoms with van der Waals surface area (Å²) in [7, 11) is 0. The SMILES string of the molecule is CC(C)CCC[C@@H](C)[C@H]1CC[C@@]2(C)[C@H]1CC[C@H]1[C@@]3(C)CCC[C@@H](C)[C@H]3CC[C@@]12C. The fourth-order valence-electron chi connectivity index (χ4n) is 10.2. The van der Waals surface area contributed by atoms with Gasteiger partial charge in [0.05, 0.1) is 0 Å². The quantitative estimate of drug-likeness (QED) is 0.431. The molecule has 0 heteroatoms. The highest BCUT2D eigenvalue weighted by atomic mass is 14.7. The second-order valence-electron chi connectivity index (χ2n) is 13.6. The van der Waals surface area contributed by atoms with E-state index in [1.165, 1.54) is 64.2 Å². The van der Waals surface area contributed by atoms with Gasteiger partial charge in [0.1, 0.15) is 0 Å². The molecule has 0 spiro atoms. The largest absolute Gasteiger partial charge is 0.0628 e. The van der Waals surface area contributed by atoms with Gasteiger partial charge in [-0.2, -0.15) is 0 Å². The van der Waals surface area contributed by atoms with E-state index in [1.807, 2.05) is 0 Å². The molecular formula is C29H52. The van der Waals surface area contributed by atoms with Crippen LogP contribution in [0.1, 0.15) is 126 Å². The van der Waals surface area contributed by atoms with E-state index in [1.54, 1.807) is 12.8 Å².